The van der Waals surface area contributed by atoms with Crippen molar-refractivity contribution in [2.75, 3.05) is 49.6 Å². The number of nitrogens with one attached hydrogen (secondary N) is 1. The Labute approximate surface area is 183 Å². The van der Waals surface area contributed by atoms with Crippen LogP contribution in [0.25, 0.3) is 0 Å². The number of ether oxygens (including phenoxy) is 2. The van der Waals surface area contributed by atoms with Gasteiger partial charge in [-0.1, -0.05) is 13.8 Å². The highest BCUT2D eigenvalue weighted by Gasteiger charge is 2.27. The lowest BCUT2D eigenvalue weighted by molar-refractivity contribution is -0.120. The van der Waals surface area contributed by atoms with Gasteiger partial charge < -0.3 is 19.7 Å². The maximum absolute atomic E-state index is 12.8. The first-order valence-electron chi connectivity index (χ1n) is 11.0. The second kappa shape index (κ2) is 9.09. The molecule has 1 aromatic heterocycles. The molecule has 1 N–H and O–H groups in total. The van der Waals surface area contributed by atoms with Gasteiger partial charge in [-0.2, -0.15) is 0 Å². The van der Waals surface area contributed by atoms with E-state index in [2.05, 4.69) is 33.9 Å². The van der Waals surface area contributed by atoms with Gasteiger partial charge in [0.05, 0.1) is 6.04 Å². The Bertz CT molecular complexity index is 941. The predicted molar refractivity (Wildman–Crippen MR) is 120 cm³/mol. The Hall–Kier alpha value is -2.87. The zero-order valence-electron chi connectivity index (χ0n) is 18.7. The normalized spacial score (nSPS) is 17.5. The van der Waals surface area contributed by atoms with Crippen molar-refractivity contribution in [3.63, 3.8) is 0 Å². The number of anilines is 2. The molecular weight excluding hydrogens is 394 g/mol. The van der Waals surface area contributed by atoms with E-state index in [0.717, 1.165) is 49.2 Å². The summed E-state index contributed by atoms with van der Waals surface area (Å²) in [5.74, 6) is 3.52. The fourth-order valence-electron chi connectivity index (χ4n) is 3.87. The molecule has 166 valence electrons. The molecule has 1 unspecified atom stereocenters. The van der Waals surface area contributed by atoms with Crippen LogP contribution in [0.15, 0.2) is 24.3 Å². The highest BCUT2D eigenvalue weighted by Crippen LogP contribution is 2.32. The first kappa shape index (κ1) is 21.4. The van der Waals surface area contributed by atoms with E-state index in [1.165, 1.54) is 0 Å². The van der Waals surface area contributed by atoms with Crippen molar-refractivity contribution in [3.05, 3.63) is 35.8 Å². The Morgan fingerprint density at radius 3 is 2.42 bits per heavy atom. The van der Waals surface area contributed by atoms with E-state index in [1.54, 1.807) is 0 Å². The van der Waals surface area contributed by atoms with Gasteiger partial charge in [-0.15, -0.1) is 0 Å². The monoisotopic (exact) mass is 425 g/mol. The van der Waals surface area contributed by atoms with Crippen LogP contribution in [0.5, 0.6) is 11.5 Å². The molecule has 2 aliphatic rings. The number of carbonyl (C=O) groups is 1. The first-order chi connectivity index (χ1) is 14.9. The standard InChI is InChI=1S/C23H31N5O3/c1-15(2)22-24-16(3)13-21(26-22)28-9-7-27(8-10-28)17(4)23(29)25-18-5-6-19-20(14-18)31-12-11-30-19/h5-6,13-15,17H,7-12H2,1-4H3,(H,25,29). The molecule has 8 nitrogen and oxygen atoms in total. The van der Waals surface area contributed by atoms with Crippen molar-refractivity contribution >= 4 is 17.4 Å². The number of amides is 1. The van der Waals surface area contributed by atoms with Gasteiger partial charge in [-0.3, -0.25) is 9.69 Å². The molecule has 3 heterocycles. The predicted octanol–water partition coefficient (Wildman–Crippen LogP) is 2.83. The lowest BCUT2D eigenvalue weighted by Gasteiger charge is -2.38. The van der Waals surface area contributed by atoms with Crippen LogP contribution in [0, 0.1) is 6.92 Å². The topological polar surface area (TPSA) is 79.8 Å². The maximum Gasteiger partial charge on any atom is 0.241 e. The highest BCUT2D eigenvalue weighted by atomic mass is 16.6. The molecule has 1 fully saturated rings. The van der Waals surface area contributed by atoms with Crippen LogP contribution in [-0.2, 0) is 4.79 Å². The molecule has 0 bridgehead atoms. The summed E-state index contributed by atoms with van der Waals surface area (Å²) in [5, 5.41) is 3.01. The summed E-state index contributed by atoms with van der Waals surface area (Å²) < 4.78 is 11.1. The lowest BCUT2D eigenvalue weighted by Crippen LogP contribution is -2.53. The summed E-state index contributed by atoms with van der Waals surface area (Å²) in [6, 6.07) is 7.32. The fraction of sp³-hybridized carbons (Fsp3) is 0.522. The molecule has 4 rings (SSSR count). The SMILES string of the molecule is Cc1cc(N2CCN(C(C)C(=O)Nc3ccc4c(c3)OCCO4)CC2)nc(C(C)C)n1. The van der Waals surface area contributed by atoms with Crippen molar-refractivity contribution in [2.45, 2.75) is 39.7 Å². The largest absolute Gasteiger partial charge is 0.486 e. The molecule has 2 aliphatic heterocycles. The number of nitrogens with zero attached hydrogens (tertiary/aromatic N) is 4. The fourth-order valence-corrected chi connectivity index (χ4v) is 3.87. The Kier molecular flexibility index (Phi) is 6.27. The zero-order chi connectivity index (χ0) is 22.0. The van der Waals surface area contributed by atoms with Crippen LogP contribution in [0.2, 0.25) is 0 Å². The molecule has 1 amide bonds. The first-order valence-corrected chi connectivity index (χ1v) is 11.0. The van der Waals surface area contributed by atoms with Crippen LogP contribution in [-0.4, -0.2) is 66.2 Å². The van der Waals surface area contributed by atoms with Gasteiger partial charge in [0.25, 0.3) is 0 Å². The van der Waals surface area contributed by atoms with E-state index in [0.29, 0.717) is 30.6 Å². The van der Waals surface area contributed by atoms with Crippen molar-refractivity contribution < 1.29 is 14.3 Å². The molecule has 31 heavy (non-hydrogen) atoms. The molecule has 1 atom stereocenters. The van der Waals surface area contributed by atoms with Gasteiger partial charge in [0.1, 0.15) is 24.9 Å². The summed E-state index contributed by atoms with van der Waals surface area (Å²) in [4.78, 5) is 26.6. The third-order valence-corrected chi connectivity index (χ3v) is 5.75. The van der Waals surface area contributed by atoms with E-state index in [9.17, 15) is 4.79 Å². The average Bonchev–Trinajstić information content (AvgIpc) is 2.78. The lowest BCUT2D eigenvalue weighted by atomic mass is 10.2. The van der Waals surface area contributed by atoms with Crippen LogP contribution in [0.4, 0.5) is 11.5 Å². The van der Waals surface area contributed by atoms with Gasteiger partial charge in [0.2, 0.25) is 5.91 Å². The molecule has 2 aromatic rings. The van der Waals surface area contributed by atoms with Crippen molar-refractivity contribution in [1.29, 1.82) is 0 Å². The molecule has 8 heteroatoms. The van der Waals surface area contributed by atoms with E-state index in [-0.39, 0.29) is 11.9 Å². The molecular formula is C23H31N5O3. The summed E-state index contributed by atoms with van der Waals surface area (Å²) in [7, 11) is 0. The number of carbonyl (C=O) groups excluding carboxylic acids is 1. The molecule has 0 spiro atoms. The van der Waals surface area contributed by atoms with Gasteiger partial charge in [0.15, 0.2) is 11.5 Å². The van der Waals surface area contributed by atoms with Crippen LogP contribution in [0.1, 0.15) is 38.2 Å². The van der Waals surface area contributed by atoms with Crippen LogP contribution in [0.3, 0.4) is 0 Å². The molecule has 0 radical (unpaired) electrons. The molecule has 1 saturated heterocycles. The number of aryl methyl sites for hydroxylation is 1. The maximum atomic E-state index is 12.8. The molecule has 0 aliphatic carbocycles. The molecule has 1 aromatic carbocycles. The number of piperazine rings is 1. The second-order valence-electron chi connectivity index (χ2n) is 8.43. The van der Waals surface area contributed by atoms with E-state index >= 15 is 0 Å². The number of aromatic nitrogens is 2. The van der Waals surface area contributed by atoms with Gasteiger partial charge >= 0.3 is 0 Å². The van der Waals surface area contributed by atoms with Gasteiger partial charge in [-0.25, -0.2) is 9.97 Å². The number of hydrogen-bond acceptors (Lipinski definition) is 7. The van der Waals surface area contributed by atoms with Crippen molar-refractivity contribution in [3.8, 4) is 11.5 Å². The number of rotatable bonds is 5. The zero-order valence-corrected chi connectivity index (χ0v) is 18.7. The number of benzene rings is 1. The summed E-state index contributed by atoms with van der Waals surface area (Å²) >= 11 is 0. The van der Waals surface area contributed by atoms with E-state index in [4.69, 9.17) is 14.5 Å². The van der Waals surface area contributed by atoms with Gasteiger partial charge in [0, 0.05) is 55.6 Å². The van der Waals surface area contributed by atoms with Gasteiger partial charge in [-0.05, 0) is 26.0 Å². The Balaban J connectivity index is 1.35. The van der Waals surface area contributed by atoms with E-state index in [1.807, 2.05) is 38.1 Å². The second-order valence-corrected chi connectivity index (χ2v) is 8.43. The quantitative estimate of drug-likeness (QED) is 0.789. The third-order valence-electron chi connectivity index (χ3n) is 5.75. The average molecular weight is 426 g/mol. The molecule has 0 saturated carbocycles. The Morgan fingerprint density at radius 2 is 1.71 bits per heavy atom. The summed E-state index contributed by atoms with van der Waals surface area (Å²) in [6.45, 7) is 12.5. The third kappa shape index (κ3) is 4.90. The summed E-state index contributed by atoms with van der Waals surface area (Å²) in [6.07, 6.45) is 0. The Morgan fingerprint density at radius 1 is 1.00 bits per heavy atom. The van der Waals surface area contributed by atoms with Crippen LogP contribution < -0.4 is 19.7 Å². The van der Waals surface area contributed by atoms with Crippen molar-refractivity contribution in [1.82, 2.24) is 14.9 Å². The minimum atomic E-state index is -0.228. The smallest absolute Gasteiger partial charge is 0.241 e. The highest BCUT2D eigenvalue weighted by molar-refractivity contribution is 5.94. The number of hydrogen-bond donors (Lipinski definition) is 1. The van der Waals surface area contributed by atoms with Crippen LogP contribution >= 0.6 is 0 Å². The minimum Gasteiger partial charge on any atom is -0.486 e. The minimum absolute atomic E-state index is 0.0231. The number of fused-ring (bicyclic) bond motifs is 1. The van der Waals surface area contributed by atoms with E-state index < -0.39 is 0 Å². The summed E-state index contributed by atoms with van der Waals surface area (Å²) in [5.41, 5.74) is 1.71. The van der Waals surface area contributed by atoms with Crippen molar-refractivity contribution in [2.24, 2.45) is 0 Å².